The number of thiophene rings is 1. The summed E-state index contributed by atoms with van der Waals surface area (Å²) in [6.07, 6.45) is 8.01. The SMILES string of the molecule is CCNC(=NCCCCn1cnnc1)NC1CCN(Cc2ccsc2)CC1.I. The van der Waals surface area contributed by atoms with Gasteiger partial charge in [-0.05, 0) is 55.0 Å². The molecule has 0 radical (unpaired) electrons. The number of piperidine rings is 1. The average Bonchev–Trinajstić information content (AvgIpc) is 3.37. The topological polar surface area (TPSA) is 70.4 Å². The van der Waals surface area contributed by atoms with Gasteiger partial charge >= 0.3 is 0 Å². The van der Waals surface area contributed by atoms with E-state index in [4.69, 9.17) is 4.99 Å². The van der Waals surface area contributed by atoms with Crippen molar-refractivity contribution in [2.24, 2.45) is 4.99 Å². The predicted molar refractivity (Wildman–Crippen MR) is 126 cm³/mol. The summed E-state index contributed by atoms with van der Waals surface area (Å²) in [5, 5.41) is 19.1. The second kappa shape index (κ2) is 13.1. The summed E-state index contributed by atoms with van der Waals surface area (Å²) in [5.74, 6) is 0.957. The molecule has 156 valence electrons. The quantitative estimate of drug-likeness (QED) is 0.232. The van der Waals surface area contributed by atoms with E-state index in [9.17, 15) is 0 Å². The third kappa shape index (κ3) is 8.04. The number of guanidine groups is 1. The molecule has 1 aliphatic rings. The second-order valence-electron chi connectivity index (χ2n) is 6.99. The third-order valence-corrected chi connectivity index (χ3v) is 5.55. The minimum absolute atomic E-state index is 0. The van der Waals surface area contributed by atoms with Crippen LogP contribution >= 0.6 is 35.3 Å². The molecule has 0 unspecified atom stereocenters. The monoisotopic (exact) mass is 517 g/mol. The molecule has 28 heavy (non-hydrogen) atoms. The molecule has 3 rings (SSSR count). The van der Waals surface area contributed by atoms with Crippen molar-refractivity contribution >= 4 is 41.3 Å². The molecule has 2 aromatic rings. The number of unbranched alkanes of at least 4 members (excludes halogenated alkanes) is 1. The van der Waals surface area contributed by atoms with E-state index in [0.29, 0.717) is 6.04 Å². The summed E-state index contributed by atoms with van der Waals surface area (Å²) in [4.78, 5) is 7.30. The summed E-state index contributed by atoms with van der Waals surface area (Å²) < 4.78 is 2.01. The Balaban J connectivity index is 0.00000280. The summed E-state index contributed by atoms with van der Waals surface area (Å²) >= 11 is 1.78. The van der Waals surface area contributed by atoms with Crippen molar-refractivity contribution in [1.29, 1.82) is 0 Å². The van der Waals surface area contributed by atoms with Crippen molar-refractivity contribution in [1.82, 2.24) is 30.3 Å². The van der Waals surface area contributed by atoms with E-state index in [0.717, 1.165) is 58.1 Å². The summed E-state index contributed by atoms with van der Waals surface area (Å²) in [5.41, 5.74) is 1.44. The van der Waals surface area contributed by atoms with E-state index in [2.05, 4.69) is 49.5 Å². The number of nitrogens with zero attached hydrogens (tertiary/aromatic N) is 5. The molecule has 2 aromatic heterocycles. The van der Waals surface area contributed by atoms with Crippen LogP contribution in [0.1, 0.15) is 38.2 Å². The maximum atomic E-state index is 4.75. The molecule has 2 N–H and O–H groups in total. The maximum absolute atomic E-state index is 4.75. The van der Waals surface area contributed by atoms with Crippen molar-refractivity contribution in [3.63, 3.8) is 0 Å². The van der Waals surface area contributed by atoms with Gasteiger partial charge in [0.2, 0.25) is 0 Å². The van der Waals surface area contributed by atoms with Gasteiger partial charge in [0.05, 0.1) is 0 Å². The minimum atomic E-state index is 0. The van der Waals surface area contributed by atoms with E-state index < -0.39 is 0 Å². The number of aryl methyl sites for hydroxylation is 1. The number of hydrogen-bond donors (Lipinski definition) is 2. The van der Waals surface area contributed by atoms with Crippen LogP contribution in [0.5, 0.6) is 0 Å². The lowest BCUT2D eigenvalue weighted by Crippen LogP contribution is -2.48. The molecular weight excluding hydrogens is 485 g/mol. The Kier molecular flexibility index (Phi) is 10.8. The van der Waals surface area contributed by atoms with Crippen LogP contribution in [0.25, 0.3) is 0 Å². The molecular formula is C19H32IN7S. The van der Waals surface area contributed by atoms with Crippen LogP contribution in [0.15, 0.2) is 34.5 Å². The van der Waals surface area contributed by atoms with Gasteiger partial charge in [-0.1, -0.05) is 0 Å². The Morgan fingerprint density at radius 3 is 2.71 bits per heavy atom. The zero-order valence-corrected chi connectivity index (χ0v) is 19.7. The van der Waals surface area contributed by atoms with Gasteiger partial charge in [-0.15, -0.1) is 34.2 Å². The lowest BCUT2D eigenvalue weighted by molar-refractivity contribution is 0.198. The maximum Gasteiger partial charge on any atom is 0.191 e. The van der Waals surface area contributed by atoms with Crippen LogP contribution in [0, 0.1) is 0 Å². The zero-order valence-electron chi connectivity index (χ0n) is 16.6. The highest BCUT2D eigenvalue weighted by atomic mass is 127. The first-order chi connectivity index (χ1) is 13.3. The van der Waals surface area contributed by atoms with Gasteiger partial charge in [-0.2, -0.15) is 11.3 Å². The number of rotatable bonds is 9. The van der Waals surface area contributed by atoms with Crippen LogP contribution in [-0.2, 0) is 13.1 Å². The normalized spacial score (nSPS) is 16.0. The zero-order chi connectivity index (χ0) is 18.7. The standard InChI is InChI=1S/C19H31N7S.HI/c1-2-20-19(21-8-3-4-9-26-15-22-23-16-26)24-18-5-10-25(11-6-18)13-17-7-12-27-14-17;/h7,12,14-16,18H,2-6,8-11,13H2,1H3,(H2,20,21,24);1H. The minimum Gasteiger partial charge on any atom is -0.357 e. The Hall–Kier alpha value is -1.20. The average molecular weight is 517 g/mol. The highest BCUT2D eigenvalue weighted by molar-refractivity contribution is 14.0. The van der Waals surface area contributed by atoms with Gasteiger partial charge in [0.15, 0.2) is 5.96 Å². The van der Waals surface area contributed by atoms with Gasteiger partial charge in [-0.3, -0.25) is 9.89 Å². The van der Waals surface area contributed by atoms with E-state index >= 15 is 0 Å². The molecule has 1 aliphatic heterocycles. The highest BCUT2D eigenvalue weighted by Crippen LogP contribution is 2.15. The van der Waals surface area contributed by atoms with Crippen molar-refractivity contribution < 1.29 is 0 Å². The van der Waals surface area contributed by atoms with E-state index in [1.54, 1.807) is 24.0 Å². The van der Waals surface area contributed by atoms with Gasteiger partial charge in [0.1, 0.15) is 12.7 Å². The number of nitrogens with one attached hydrogen (secondary N) is 2. The Morgan fingerprint density at radius 2 is 2.04 bits per heavy atom. The molecule has 0 aliphatic carbocycles. The first-order valence-corrected chi connectivity index (χ1v) is 10.9. The van der Waals surface area contributed by atoms with E-state index in [1.165, 1.54) is 18.4 Å². The van der Waals surface area contributed by atoms with Crippen LogP contribution in [-0.4, -0.2) is 57.8 Å². The Bertz CT molecular complexity index is 652. The van der Waals surface area contributed by atoms with Crippen molar-refractivity contribution in [2.75, 3.05) is 26.2 Å². The molecule has 0 bridgehead atoms. The van der Waals surface area contributed by atoms with Crippen LogP contribution in [0.4, 0.5) is 0 Å². The molecule has 0 saturated carbocycles. The fraction of sp³-hybridized carbons (Fsp3) is 0.632. The fourth-order valence-corrected chi connectivity index (χ4v) is 3.98. The van der Waals surface area contributed by atoms with Crippen LogP contribution in [0.3, 0.4) is 0 Å². The molecule has 3 heterocycles. The molecule has 0 spiro atoms. The third-order valence-electron chi connectivity index (χ3n) is 4.82. The molecule has 0 atom stereocenters. The lowest BCUT2D eigenvalue weighted by atomic mass is 10.0. The first kappa shape index (κ1) is 23.1. The lowest BCUT2D eigenvalue weighted by Gasteiger charge is -2.33. The first-order valence-electron chi connectivity index (χ1n) is 9.94. The van der Waals surface area contributed by atoms with Gasteiger partial charge in [-0.25, -0.2) is 0 Å². The second-order valence-corrected chi connectivity index (χ2v) is 7.77. The summed E-state index contributed by atoms with van der Waals surface area (Å²) in [6, 6.07) is 2.74. The fourth-order valence-electron chi connectivity index (χ4n) is 3.32. The highest BCUT2D eigenvalue weighted by Gasteiger charge is 2.20. The van der Waals surface area contributed by atoms with E-state index in [-0.39, 0.29) is 24.0 Å². The van der Waals surface area contributed by atoms with Gasteiger partial charge in [0, 0.05) is 45.3 Å². The van der Waals surface area contributed by atoms with Crippen LogP contribution < -0.4 is 10.6 Å². The predicted octanol–water partition coefficient (Wildman–Crippen LogP) is 2.96. The van der Waals surface area contributed by atoms with Crippen LogP contribution in [0.2, 0.25) is 0 Å². The smallest absolute Gasteiger partial charge is 0.191 e. The molecule has 1 fully saturated rings. The summed E-state index contributed by atoms with van der Waals surface area (Å²) in [7, 11) is 0. The van der Waals surface area contributed by atoms with Crippen molar-refractivity contribution in [3.8, 4) is 0 Å². The Labute approximate surface area is 189 Å². The summed E-state index contributed by atoms with van der Waals surface area (Å²) in [6.45, 7) is 8.17. The molecule has 1 saturated heterocycles. The largest absolute Gasteiger partial charge is 0.357 e. The number of likely N-dealkylation sites (tertiary alicyclic amines) is 1. The molecule has 0 amide bonds. The van der Waals surface area contributed by atoms with Crippen molar-refractivity contribution in [2.45, 2.75) is 51.7 Å². The molecule has 0 aromatic carbocycles. The number of aliphatic imine (C=N–C) groups is 1. The molecule has 9 heteroatoms. The van der Waals surface area contributed by atoms with Crippen molar-refractivity contribution in [3.05, 3.63) is 35.0 Å². The number of halogens is 1. The van der Waals surface area contributed by atoms with Gasteiger partial charge in [0.25, 0.3) is 0 Å². The van der Waals surface area contributed by atoms with E-state index in [1.807, 2.05) is 4.57 Å². The molecule has 7 nitrogen and oxygen atoms in total. The Morgan fingerprint density at radius 1 is 1.25 bits per heavy atom. The van der Waals surface area contributed by atoms with Gasteiger partial charge < -0.3 is 15.2 Å². The number of hydrogen-bond acceptors (Lipinski definition) is 5. The number of aromatic nitrogens is 3.